The van der Waals surface area contributed by atoms with Crippen molar-refractivity contribution in [2.45, 2.75) is 19.9 Å². The van der Waals surface area contributed by atoms with E-state index in [9.17, 15) is 14.7 Å². The molecule has 7 heteroatoms. The fraction of sp³-hybridized carbons (Fsp3) is 0.385. The Kier molecular flexibility index (Phi) is 6.81. The molecule has 0 bridgehead atoms. The van der Waals surface area contributed by atoms with Gasteiger partial charge in [0.15, 0.2) is 0 Å². The van der Waals surface area contributed by atoms with E-state index in [4.69, 9.17) is 9.47 Å². The van der Waals surface area contributed by atoms with Crippen molar-refractivity contribution in [1.82, 2.24) is 9.80 Å². The molecule has 7 nitrogen and oxygen atoms in total. The predicted molar refractivity (Wildman–Crippen MR) is 125 cm³/mol. The number of morpholine rings is 1. The molecule has 2 aliphatic heterocycles. The summed E-state index contributed by atoms with van der Waals surface area (Å²) in [5, 5.41) is 11.4. The van der Waals surface area contributed by atoms with Crippen molar-refractivity contribution in [3.8, 4) is 5.75 Å². The van der Waals surface area contributed by atoms with Gasteiger partial charge in [0.2, 0.25) is 0 Å². The number of aliphatic hydroxyl groups is 1. The lowest BCUT2D eigenvalue weighted by Crippen LogP contribution is -2.42. The number of methoxy groups -OCH3 is 1. The second-order valence-corrected chi connectivity index (χ2v) is 8.51. The fourth-order valence-electron chi connectivity index (χ4n) is 4.54. The molecule has 1 atom stereocenters. The van der Waals surface area contributed by atoms with Gasteiger partial charge in [-0.2, -0.15) is 0 Å². The van der Waals surface area contributed by atoms with Gasteiger partial charge in [0.1, 0.15) is 11.5 Å². The Morgan fingerprint density at radius 2 is 1.82 bits per heavy atom. The number of nitrogens with zero attached hydrogens (tertiary/aromatic N) is 2. The summed E-state index contributed by atoms with van der Waals surface area (Å²) in [7, 11) is 1.56. The lowest BCUT2D eigenvalue weighted by atomic mass is 9.93. The Balaban J connectivity index is 1.81. The van der Waals surface area contributed by atoms with Gasteiger partial charge in [-0.05, 0) is 31.5 Å². The maximum Gasteiger partial charge on any atom is 0.295 e. The number of hydrogen-bond donors (Lipinski definition) is 1. The average molecular weight is 451 g/mol. The minimum atomic E-state index is -0.734. The van der Waals surface area contributed by atoms with E-state index in [-0.39, 0.29) is 11.3 Å². The fourth-order valence-corrected chi connectivity index (χ4v) is 4.54. The molecule has 0 radical (unpaired) electrons. The summed E-state index contributed by atoms with van der Waals surface area (Å²) in [4.78, 5) is 30.3. The van der Waals surface area contributed by atoms with Crippen molar-refractivity contribution < 1.29 is 24.2 Å². The number of benzene rings is 2. The van der Waals surface area contributed by atoms with Crippen LogP contribution >= 0.6 is 0 Å². The molecule has 0 saturated carbocycles. The van der Waals surface area contributed by atoms with E-state index in [0.717, 1.165) is 24.2 Å². The number of para-hydroxylation sites is 1. The number of aryl methyl sites for hydroxylation is 2. The highest BCUT2D eigenvalue weighted by atomic mass is 16.5. The summed E-state index contributed by atoms with van der Waals surface area (Å²) in [6, 6.07) is 12.3. The average Bonchev–Trinajstić information content (AvgIpc) is 3.09. The molecule has 0 spiro atoms. The first-order valence-electron chi connectivity index (χ1n) is 11.2. The first kappa shape index (κ1) is 23.0. The summed E-state index contributed by atoms with van der Waals surface area (Å²) in [5.41, 5.74) is 3.11. The molecule has 1 amide bonds. The van der Waals surface area contributed by atoms with Crippen molar-refractivity contribution in [3.63, 3.8) is 0 Å². The van der Waals surface area contributed by atoms with Gasteiger partial charge in [-0.3, -0.25) is 14.5 Å². The topological polar surface area (TPSA) is 79.3 Å². The first-order chi connectivity index (χ1) is 15.9. The monoisotopic (exact) mass is 450 g/mol. The van der Waals surface area contributed by atoms with Gasteiger partial charge < -0.3 is 19.5 Å². The molecule has 4 rings (SSSR count). The molecule has 1 N–H and O–H groups in total. The van der Waals surface area contributed by atoms with Gasteiger partial charge in [-0.25, -0.2) is 0 Å². The number of hydrogen-bond acceptors (Lipinski definition) is 6. The van der Waals surface area contributed by atoms with Crippen LogP contribution in [-0.2, 0) is 14.3 Å². The molecular weight excluding hydrogens is 420 g/mol. The SMILES string of the molecule is COc1ccccc1[C@H]1C(=C(O)c2cc(C)ccc2C)C(=O)C(=O)N1CCN1CCOCC1. The Labute approximate surface area is 194 Å². The third-order valence-corrected chi connectivity index (χ3v) is 6.38. The molecule has 2 aliphatic rings. The van der Waals surface area contributed by atoms with Gasteiger partial charge in [-0.15, -0.1) is 0 Å². The molecule has 2 aromatic carbocycles. The smallest absolute Gasteiger partial charge is 0.295 e. The largest absolute Gasteiger partial charge is 0.507 e. The van der Waals surface area contributed by atoms with E-state index >= 15 is 0 Å². The number of amides is 1. The van der Waals surface area contributed by atoms with Crippen molar-refractivity contribution in [1.29, 1.82) is 0 Å². The molecular formula is C26H30N2O5. The van der Waals surface area contributed by atoms with Crippen LogP contribution in [-0.4, -0.2) is 73.1 Å². The van der Waals surface area contributed by atoms with Gasteiger partial charge in [-0.1, -0.05) is 35.9 Å². The zero-order chi connectivity index (χ0) is 23.5. The van der Waals surface area contributed by atoms with Crippen molar-refractivity contribution in [2.24, 2.45) is 0 Å². The molecule has 0 aliphatic carbocycles. The third-order valence-electron chi connectivity index (χ3n) is 6.38. The van der Waals surface area contributed by atoms with E-state index in [1.807, 2.05) is 50.2 Å². The van der Waals surface area contributed by atoms with Crippen LogP contribution in [0.2, 0.25) is 0 Å². The lowest BCUT2D eigenvalue weighted by Gasteiger charge is -2.31. The van der Waals surface area contributed by atoms with Crippen LogP contribution in [0.1, 0.15) is 28.3 Å². The van der Waals surface area contributed by atoms with E-state index < -0.39 is 17.7 Å². The van der Waals surface area contributed by atoms with Crippen molar-refractivity contribution in [3.05, 3.63) is 70.3 Å². The second-order valence-electron chi connectivity index (χ2n) is 8.51. The molecule has 2 fully saturated rings. The number of ether oxygens (including phenoxy) is 2. The van der Waals surface area contributed by atoms with E-state index in [1.54, 1.807) is 18.1 Å². The van der Waals surface area contributed by atoms with E-state index in [0.29, 0.717) is 43.2 Å². The number of rotatable bonds is 6. The number of Topliss-reactive ketones (excluding diaryl/α,β-unsaturated/α-hetero) is 1. The summed E-state index contributed by atoms with van der Waals surface area (Å²) in [6.45, 7) is 7.65. The maximum atomic E-state index is 13.3. The van der Waals surface area contributed by atoms with Crippen LogP contribution in [0.4, 0.5) is 0 Å². The zero-order valence-electron chi connectivity index (χ0n) is 19.3. The minimum Gasteiger partial charge on any atom is -0.507 e. The van der Waals surface area contributed by atoms with Crippen LogP contribution in [0.3, 0.4) is 0 Å². The van der Waals surface area contributed by atoms with E-state index in [2.05, 4.69) is 4.90 Å². The van der Waals surface area contributed by atoms with Crippen LogP contribution in [0, 0.1) is 13.8 Å². The van der Waals surface area contributed by atoms with Gasteiger partial charge in [0, 0.05) is 37.3 Å². The number of aliphatic hydroxyl groups excluding tert-OH is 1. The lowest BCUT2D eigenvalue weighted by molar-refractivity contribution is -0.140. The second kappa shape index (κ2) is 9.77. The van der Waals surface area contributed by atoms with Crippen molar-refractivity contribution >= 4 is 17.4 Å². The third kappa shape index (κ3) is 4.51. The summed E-state index contributed by atoms with van der Waals surface area (Å²) >= 11 is 0. The van der Waals surface area contributed by atoms with E-state index in [1.165, 1.54) is 0 Å². The Hall–Kier alpha value is -3.16. The molecule has 174 valence electrons. The Morgan fingerprint density at radius 3 is 2.55 bits per heavy atom. The number of carbonyl (C=O) groups excluding carboxylic acids is 2. The summed E-state index contributed by atoms with van der Waals surface area (Å²) in [5.74, 6) is -0.871. The normalized spacial score (nSPS) is 20.9. The highest BCUT2D eigenvalue weighted by Gasteiger charge is 2.47. The first-order valence-corrected chi connectivity index (χ1v) is 11.2. The summed E-state index contributed by atoms with van der Waals surface area (Å²) in [6.07, 6.45) is 0. The molecule has 0 aromatic heterocycles. The van der Waals surface area contributed by atoms with Gasteiger partial charge >= 0.3 is 0 Å². The standard InChI is InChI=1S/C26H30N2O5/c1-17-8-9-18(2)20(16-17)24(29)22-23(19-6-4-5-7-21(19)32-3)28(26(31)25(22)30)11-10-27-12-14-33-15-13-27/h4-9,16,23,29H,10-15H2,1-3H3/t23-/m0/s1. The highest BCUT2D eigenvalue weighted by Crippen LogP contribution is 2.42. The molecule has 2 heterocycles. The quantitative estimate of drug-likeness (QED) is 0.414. The maximum absolute atomic E-state index is 13.3. The van der Waals surface area contributed by atoms with Gasteiger partial charge in [0.05, 0.1) is 31.9 Å². The molecule has 33 heavy (non-hydrogen) atoms. The molecule has 2 saturated heterocycles. The number of ketones is 1. The van der Waals surface area contributed by atoms with Crippen LogP contribution in [0.5, 0.6) is 5.75 Å². The number of carbonyl (C=O) groups is 2. The van der Waals surface area contributed by atoms with Crippen LogP contribution in [0.15, 0.2) is 48.0 Å². The van der Waals surface area contributed by atoms with Crippen LogP contribution in [0.25, 0.3) is 5.76 Å². The van der Waals surface area contributed by atoms with Crippen LogP contribution < -0.4 is 4.74 Å². The van der Waals surface area contributed by atoms with Crippen molar-refractivity contribution in [2.75, 3.05) is 46.5 Å². The Morgan fingerprint density at radius 1 is 1.09 bits per heavy atom. The van der Waals surface area contributed by atoms with Gasteiger partial charge in [0.25, 0.3) is 11.7 Å². The zero-order valence-corrected chi connectivity index (χ0v) is 19.3. The predicted octanol–water partition coefficient (Wildman–Crippen LogP) is 3.07. The Bertz CT molecular complexity index is 1090. The molecule has 0 unspecified atom stereocenters. The number of likely N-dealkylation sites (tertiary alicyclic amines) is 1. The molecule has 2 aromatic rings. The highest BCUT2D eigenvalue weighted by molar-refractivity contribution is 6.46. The minimum absolute atomic E-state index is 0.0974. The summed E-state index contributed by atoms with van der Waals surface area (Å²) < 4.78 is 11.0.